The summed E-state index contributed by atoms with van der Waals surface area (Å²) >= 11 is -1.12. The fourth-order valence-electron chi connectivity index (χ4n) is 1.82. The molecule has 2 heteroatoms. The molecule has 0 bridgehead atoms. The van der Waals surface area contributed by atoms with Gasteiger partial charge in [-0.2, -0.15) is 0 Å². The molecule has 15 heavy (non-hydrogen) atoms. The van der Waals surface area contributed by atoms with Crippen LogP contribution in [-0.2, 0) is 0 Å². The van der Waals surface area contributed by atoms with Gasteiger partial charge in [0.1, 0.15) is 0 Å². The number of hydrogen-bond acceptors (Lipinski definition) is 1. The van der Waals surface area contributed by atoms with E-state index in [9.17, 15) is 0 Å². The molecule has 0 aliphatic carbocycles. The molecule has 82 valence electrons. The number of hydrogen-bond donors (Lipinski definition) is 0. The van der Waals surface area contributed by atoms with Crippen LogP contribution in [0.1, 0.15) is 33.3 Å². The van der Waals surface area contributed by atoms with Crippen molar-refractivity contribution >= 4 is 14.5 Å². The van der Waals surface area contributed by atoms with Crippen LogP contribution < -0.4 is 3.79 Å². The summed E-state index contributed by atoms with van der Waals surface area (Å²) in [5, 5.41) is 0. The summed E-state index contributed by atoms with van der Waals surface area (Å²) < 4.78 is 7.50. The average molecular weight is 220 g/mol. The molecule has 0 radical (unpaired) electrons. The first-order chi connectivity index (χ1) is 7.00. The molecule has 0 saturated carbocycles. The average Bonchev–Trinajstić information content (AvgIpc) is 2.15. The molecule has 1 aromatic carbocycles. The Morgan fingerprint density at radius 3 is 1.80 bits per heavy atom. The van der Waals surface area contributed by atoms with Crippen molar-refractivity contribution in [1.82, 2.24) is 0 Å². The van der Waals surface area contributed by atoms with Crippen molar-refractivity contribution in [1.29, 1.82) is 0 Å². The Hall–Kier alpha value is -0.448. The van der Waals surface area contributed by atoms with Gasteiger partial charge in [-0.25, -0.2) is 0 Å². The standard InChI is InChI=1S/C7H8O.2C3H7.Al/c1-6-2-4-7(8)5-3-6;2*1-3-2;/h2-5,8H,1H3;2*3H,1-2H3;/q;;;+1/p-1. The zero-order chi connectivity index (χ0) is 11.4. The Balaban J connectivity index is 2.70. The first-order valence-electron chi connectivity index (χ1n) is 5.74. The topological polar surface area (TPSA) is 9.23 Å². The molecule has 0 saturated heterocycles. The Kier molecular flexibility index (Phi) is 4.70. The Morgan fingerprint density at radius 1 is 0.933 bits per heavy atom. The molecule has 1 rings (SSSR count). The molecule has 0 spiro atoms. The maximum Gasteiger partial charge on any atom is 0.552 e. The Bertz CT molecular complexity index is 282. The van der Waals surface area contributed by atoms with Gasteiger partial charge in [-0.15, -0.1) is 0 Å². The summed E-state index contributed by atoms with van der Waals surface area (Å²) in [4.78, 5) is 0. The monoisotopic (exact) mass is 220 g/mol. The highest BCUT2D eigenvalue weighted by Gasteiger charge is 2.31. The lowest BCUT2D eigenvalue weighted by molar-refractivity contribution is 0.536. The SMILES string of the molecule is Cc1ccc([O][Al]([CH](C)C)[CH](C)C)cc1. The van der Waals surface area contributed by atoms with Crippen molar-refractivity contribution in [2.75, 3.05) is 0 Å². The van der Waals surface area contributed by atoms with Crippen molar-refractivity contribution in [3.8, 4) is 5.75 Å². The second-order valence-electron chi connectivity index (χ2n) is 4.88. The zero-order valence-corrected chi connectivity index (χ0v) is 11.6. The van der Waals surface area contributed by atoms with Crippen molar-refractivity contribution in [2.45, 2.75) is 44.2 Å². The van der Waals surface area contributed by atoms with Gasteiger partial charge in [0, 0.05) is 0 Å². The molecular formula is C13H21AlO. The minimum atomic E-state index is -1.12. The largest absolute Gasteiger partial charge is 0.642 e. The summed E-state index contributed by atoms with van der Waals surface area (Å²) in [7, 11) is 0. The van der Waals surface area contributed by atoms with E-state index in [0.717, 1.165) is 5.75 Å². The van der Waals surface area contributed by atoms with Gasteiger partial charge in [0.2, 0.25) is 0 Å². The van der Waals surface area contributed by atoms with E-state index in [1.54, 1.807) is 0 Å². The van der Waals surface area contributed by atoms with Gasteiger partial charge in [-0.1, -0.05) is 45.4 Å². The molecule has 0 aliphatic rings. The van der Waals surface area contributed by atoms with E-state index < -0.39 is 14.5 Å². The van der Waals surface area contributed by atoms with Gasteiger partial charge >= 0.3 is 14.5 Å². The molecule has 0 amide bonds. The van der Waals surface area contributed by atoms with Gasteiger partial charge in [-0.3, -0.25) is 0 Å². The van der Waals surface area contributed by atoms with Crippen molar-refractivity contribution in [2.24, 2.45) is 0 Å². The number of benzene rings is 1. The molecule has 1 nitrogen and oxygen atoms in total. The first-order valence-corrected chi connectivity index (χ1v) is 7.54. The lowest BCUT2D eigenvalue weighted by Gasteiger charge is -2.20. The lowest BCUT2D eigenvalue weighted by Crippen LogP contribution is -2.28. The van der Waals surface area contributed by atoms with Crippen LogP contribution in [-0.4, -0.2) is 14.5 Å². The molecule has 0 aromatic heterocycles. The highest BCUT2D eigenvalue weighted by Crippen LogP contribution is 2.24. The van der Waals surface area contributed by atoms with Gasteiger partial charge in [0.15, 0.2) is 0 Å². The van der Waals surface area contributed by atoms with E-state index >= 15 is 0 Å². The smallest absolute Gasteiger partial charge is 0.552 e. The number of aryl methyl sites for hydroxylation is 1. The maximum absolute atomic E-state index is 6.13. The molecule has 0 atom stereocenters. The van der Waals surface area contributed by atoms with Gasteiger partial charge in [0.25, 0.3) is 0 Å². The minimum absolute atomic E-state index is 0.686. The molecule has 1 aromatic rings. The zero-order valence-electron chi connectivity index (χ0n) is 10.4. The molecule has 0 N–H and O–H groups in total. The highest BCUT2D eigenvalue weighted by atomic mass is 27.2. The van der Waals surface area contributed by atoms with Gasteiger partial charge in [-0.05, 0) is 28.6 Å². The van der Waals surface area contributed by atoms with Crippen LogP contribution >= 0.6 is 0 Å². The van der Waals surface area contributed by atoms with E-state index in [2.05, 4.69) is 58.9 Å². The van der Waals surface area contributed by atoms with Crippen molar-refractivity contribution in [3.63, 3.8) is 0 Å². The van der Waals surface area contributed by atoms with Crippen LogP contribution in [0.3, 0.4) is 0 Å². The fraction of sp³-hybridized carbons (Fsp3) is 0.538. The van der Waals surface area contributed by atoms with E-state index in [-0.39, 0.29) is 0 Å². The van der Waals surface area contributed by atoms with E-state index in [1.807, 2.05) is 0 Å². The Labute approximate surface area is 98.2 Å². The van der Waals surface area contributed by atoms with Gasteiger partial charge < -0.3 is 3.79 Å². The molecule has 0 heterocycles. The second-order valence-corrected chi connectivity index (χ2v) is 8.72. The third kappa shape index (κ3) is 3.89. The normalized spacial score (nSPS) is 10.9. The molecular weight excluding hydrogens is 199 g/mol. The quantitative estimate of drug-likeness (QED) is 0.691. The van der Waals surface area contributed by atoms with Crippen molar-refractivity contribution < 1.29 is 3.79 Å². The van der Waals surface area contributed by atoms with E-state index in [4.69, 9.17) is 3.79 Å². The van der Waals surface area contributed by atoms with Crippen LogP contribution in [0, 0.1) is 6.92 Å². The summed E-state index contributed by atoms with van der Waals surface area (Å²) in [5.74, 6) is 1.04. The second kappa shape index (κ2) is 5.59. The molecule has 0 aliphatic heterocycles. The number of rotatable bonds is 4. The van der Waals surface area contributed by atoms with Gasteiger partial charge in [0.05, 0.1) is 5.75 Å². The minimum Gasteiger partial charge on any atom is -0.642 e. The lowest BCUT2D eigenvalue weighted by atomic mass is 10.2. The Morgan fingerprint density at radius 2 is 1.40 bits per heavy atom. The third-order valence-electron chi connectivity index (χ3n) is 2.61. The fourth-order valence-corrected chi connectivity index (χ4v) is 4.37. The van der Waals surface area contributed by atoms with Crippen LogP contribution in [0.5, 0.6) is 5.75 Å². The maximum atomic E-state index is 6.13. The summed E-state index contributed by atoms with van der Waals surface area (Å²) in [5.41, 5.74) is 1.29. The van der Waals surface area contributed by atoms with Crippen molar-refractivity contribution in [3.05, 3.63) is 29.8 Å². The molecule has 0 unspecified atom stereocenters. The summed E-state index contributed by atoms with van der Waals surface area (Å²) in [6, 6.07) is 8.39. The summed E-state index contributed by atoms with van der Waals surface area (Å²) in [6.45, 7) is 11.2. The van der Waals surface area contributed by atoms with E-state index in [1.165, 1.54) is 5.56 Å². The first kappa shape index (κ1) is 12.6. The van der Waals surface area contributed by atoms with E-state index in [0.29, 0.717) is 9.56 Å². The predicted octanol–water partition coefficient (Wildman–Crippen LogP) is 4.19. The van der Waals surface area contributed by atoms with Crippen LogP contribution in [0.4, 0.5) is 0 Å². The highest BCUT2D eigenvalue weighted by molar-refractivity contribution is 6.55. The molecule has 0 fully saturated rings. The summed E-state index contributed by atoms with van der Waals surface area (Å²) in [6.07, 6.45) is 0. The van der Waals surface area contributed by atoms with Crippen LogP contribution in [0.25, 0.3) is 0 Å². The predicted molar refractivity (Wildman–Crippen MR) is 67.8 cm³/mol. The van der Waals surface area contributed by atoms with Crippen LogP contribution in [0.15, 0.2) is 24.3 Å². The van der Waals surface area contributed by atoms with Crippen LogP contribution in [0.2, 0.25) is 9.56 Å². The third-order valence-corrected chi connectivity index (χ3v) is 5.78.